The monoisotopic (exact) mass is 426 g/mol. The fourth-order valence-electron chi connectivity index (χ4n) is 3.37. The summed E-state index contributed by atoms with van der Waals surface area (Å²) in [5.41, 5.74) is -1.12. The zero-order valence-corrected chi connectivity index (χ0v) is 17.7. The molecule has 160 valence electrons. The van der Waals surface area contributed by atoms with Gasteiger partial charge in [0.25, 0.3) is 5.56 Å². The number of thioether (sulfide) groups is 1. The average molecular weight is 426 g/mol. The molecule has 0 saturated carbocycles. The molecule has 0 aromatic carbocycles. The Morgan fingerprint density at radius 2 is 1.93 bits per heavy atom. The number of aromatic nitrogens is 2. The van der Waals surface area contributed by atoms with Gasteiger partial charge in [-0.1, -0.05) is 27.7 Å². The lowest BCUT2D eigenvalue weighted by atomic mass is 9.93. The second-order valence-electron chi connectivity index (χ2n) is 7.89. The van der Waals surface area contributed by atoms with Crippen LogP contribution in [0.15, 0.2) is 21.9 Å². The summed E-state index contributed by atoms with van der Waals surface area (Å²) in [4.78, 5) is 50.4. The van der Waals surface area contributed by atoms with Gasteiger partial charge in [0.1, 0.15) is 17.5 Å². The molecule has 4 atom stereocenters. The number of nitrogens with zero attached hydrogens (tertiary/aromatic N) is 1. The van der Waals surface area contributed by atoms with Crippen LogP contribution in [0, 0.1) is 11.8 Å². The lowest BCUT2D eigenvalue weighted by molar-refractivity contribution is -0.162. The molecular weight excluding hydrogens is 400 g/mol. The van der Waals surface area contributed by atoms with Crippen LogP contribution in [0.3, 0.4) is 0 Å². The molecule has 1 aromatic heterocycles. The van der Waals surface area contributed by atoms with Gasteiger partial charge in [-0.25, -0.2) is 4.79 Å². The van der Waals surface area contributed by atoms with E-state index in [1.807, 2.05) is 0 Å². The lowest BCUT2D eigenvalue weighted by Gasteiger charge is -2.44. The van der Waals surface area contributed by atoms with E-state index in [-0.39, 0.29) is 30.4 Å². The van der Waals surface area contributed by atoms with Crippen molar-refractivity contribution in [2.24, 2.45) is 11.8 Å². The standard InChI is InChI=1S/C19H26N2O7S/c1-10(2)15(23)26-9-12-14(28-16(24)11(3)4)19(6-8-29-19)17(27-12)21-7-5-13(22)20-18(21)25/h5,7,10-12,14,17H,6,8-9H2,1-4H3,(H,20,22,25)/t12-,14-,17-,19-/m1/s1. The first-order valence-corrected chi connectivity index (χ1v) is 10.6. The first kappa shape index (κ1) is 21.6. The van der Waals surface area contributed by atoms with Crippen LogP contribution in [-0.2, 0) is 23.8 Å². The SMILES string of the molecule is CC(C)C(=O)OC[C@H]1O[C@@H](n2ccc(=O)[nH]c2=O)[C@@]2(CCS2)[C@@H]1OC(=O)C(C)C. The third-order valence-corrected chi connectivity index (χ3v) is 6.67. The minimum atomic E-state index is -0.765. The molecule has 1 spiro atoms. The van der Waals surface area contributed by atoms with E-state index in [0.717, 1.165) is 5.75 Å². The maximum Gasteiger partial charge on any atom is 0.330 e. The Labute approximate surface area is 172 Å². The van der Waals surface area contributed by atoms with Gasteiger partial charge in [-0.3, -0.25) is 23.9 Å². The molecule has 3 heterocycles. The van der Waals surface area contributed by atoms with Gasteiger partial charge in [0.15, 0.2) is 12.3 Å². The van der Waals surface area contributed by atoms with Crippen LogP contribution in [-0.4, -0.2) is 50.8 Å². The highest BCUT2D eigenvalue weighted by Gasteiger charge is 2.63. The molecule has 0 bridgehead atoms. The Kier molecular flexibility index (Phi) is 6.23. The van der Waals surface area contributed by atoms with Crippen LogP contribution in [0.2, 0.25) is 0 Å². The number of carbonyl (C=O) groups is 2. The Morgan fingerprint density at radius 1 is 1.28 bits per heavy atom. The molecule has 2 aliphatic rings. The summed E-state index contributed by atoms with van der Waals surface area (Å²) in [6.45, 7) is 6.82. The van der Waals surface area contributed by atoms with Crippen molar-refractivity contribution < 1.29 is 23.8 Å². The largest absolute Gasteiger partial charge is 0.463 e. The van der Waals surface area contributed by atoms with E-state index >= 15 is 0 Å². The molecule has 0 amide bonds. The van der Waals surface area contributed by atoms with Crippen molar-refractivity contribution in [3.05, 3.63) is 33.1 Å². The second kappa shape index (κ2) is 8.35. The fraction of sp³-hybridized carbons (Fsp3) is 0.684. The third kappa shape index (κ3) is 4.13. The summed E-state index contributed by atoms with van der Waals surface area (Å²) in [6.07, 6.45) is -0.162. The van der Waals surface area contributed by atoms with Crippen LogP contribution in [0.5, 0.6) is 0 Å². The van der Waals surface area contributed by atoms with Crippen molar-refractivity contribution in [2.45, 2.75) is 57.3 Å². The summed E-state index contributed by atoms with van der Waals surface area (Å²) in [5.74, 6) is -0.613. The van der Waals surface area contributed by atoms with Crippen LogP contribution in [0.1, 0.15) is 40.3 Å². The molecule has 2 aliphatic heterocycles. The number of hydrogen-bond acceptors (Lipinski definition) is 8. The van der Waals surface area contributed by atoms with Crippen LogP contribution >= 0.6 is 11.8 Å². The number of ether oxygens (including phenoxy) is 3. The highest BCUT2D eigenvalue weighted by atomic mass is 32.2. The molecule has 2 saturated heterocycles. The Hall–Kier alpha value is -2.07. The number of rotatable bonds is 6. The zero-order chi connectivity index (χ0) is 21.3. The van der Waals surface area contributed by atoms with Gasteiger partial charge >= 0.3 is 17.6 Å². The van der Waals surface area contributed by atoms with Gasteiger partial charge in [0, 0.05) is 12.3 Å². The van der Waals surface area contributed by atoms with Gasteiger partial charge in [-0.15, -0.1) is 11.8 Å². The first-order chi connectivity index (χ1) is 13.7. The molecule has 0 unspecified atom stereocenters. The number of H-pyrrole nitrogens is 1. The van der Waals surface area contributed by atoms with Crippen molar-refractivity contribution in [3.63, 3.8) is 0 Å². The van der Waals surface area contributed by atoms with E-state index in [1.54, 1.807) is 39.5 Å². The summed E-state index contributed by atoms with van der Waals surface area (Å²) in [6, 6.07) is 1.24. The second-order valence-corrected chi connectivity index (χ2v) is 9.35. The maximum absolute atomic E-state index is 12.4. The van der Waals surface area contributed by atoms with Gasteiger partial charge in [-0.2, -0.15) is 0 Å². The van der Waals surface area contributed by atoms with Crippen LogP contribution < -0.4 is 11.2 Å². The van der Waals surface area contributed by atoms with E-state index in [1.165, 1.54) is 16.8 Å². The Balaban J connectivity index is 1.94. The molecule has 0 radical (unpaired) electrons. The fourth-order valence-corrected chi connectivity index (χ4v) is 4.72. The quantitative estimate of drug-likeness (QED) is 0.672. The van der Waals surface area contributed by atoms with Crippen LogP contribution in [0.25, 0.3) is 0 Å². The smallest absolute Gasteiger partial charge is 0.330 e. The number of nitrogens with one attached hydrogen (secondary N) is 1. The molecule has 1 N–H and O–H groups in total. The minimum Gasteiger partial charge on any atom is -0.463 e. The van der Waals surface area contributed by atoms with Gasteiger partial charge in [-0.05, 0) is 12.2 Å². The Bertz CT molecular complexity index is 887. The van der Waals surface area contributed by atoms with Crippen molar-refractivity contribution in [3.8, 4) is 0 Å². The number of esters is 2. The molecule has 29 heavy (non-hydrogen) atoms. The van der Waals surface area contributed by atoms with Crippen molar-refractivity contribution in [2.75, 3.05) is 12.4 Å². The molecule has 3 rings (SSSR count). The van der Waals surface area contributed by atoms with Crippen molar-refractivity contribution in [1.29, 1.82) is 0 Å². The predicted molar refractivity (Wildman–Crippen MR) is 106 cm³/mol. The topological polar surface area (TPSA) is 117 Å². The number of hydrogen-bond donors (Lipinski definition) is 1. The zero-order valence-electron chi connectivity index (χ0n) is 16.9. The first-order valence-electron chi connectivity index (χ1n) is 9.63. The Morgan fingerprint density at radius 3 is 2.45 bits per heavy atom. The lowest BCUT2D eigenvalue weighted by Crippen LogP contribution is -2.54. The number of carbonyl (C=O) groups excluding carboxylic acids is 2. The molecule has 10 heteroatoms. The highest BCUT2D eigenvalue weighted by Crippen LogP contribution is 2.57. The average Bonchev–Trinajstić information content (AvgIpc) is 2.93. The summed E-state index contributed by atoms with van der Waals surface area (Å²) >= 11 is 1.54. The highest BCUT2D eigenvalue weighted by molar-refractivity contribution is 8.02. The molecule has 1 aromatic rings. The van der Waals surface area contributed by atoms with E-state index in [9.17, 15) is 19.2 Å². The van der Waals surface area contributed by atoms with E-state index in [4.69, 9.17) is 14.2 Å². The van der Waals surface area contributed by atoms with Crippen molar-refractivity contribution in [1.82, 2.24) is 9.55 Å². The van der Waals surface area contributed by atoms with E-state index in [0.29, 0.717) is 6.42 Å². The van der Waals surface area contributed by atoms with Gasteiger partial charge in [0.05, 0.1) is 11.8 Å². The molecular formula is C19H26N2O7S. The summed E-state index contributed by atoms with van der Waals surface area (Å²) < 4.78 is 17.9. The molecule has 0 aliphatic carbocycles. The molecule has 2 fully saturated rings. The van der Waals surface area contributed by atoms with E-state index in [2.05, 4.69) is 4.98 Å². The normalized spacial score (nSPS) is 28.6. The van der Waals surface area contributed by atoms with Crippen molar-refractivity contribution >= 4 is 23.7 Å². The number of aromatic amines is 1. The minimum absolute atomic E-state index is 0.0933. The summed E-state index contributed by atoms with van der Waals surface area (Å²) in [5, 5.41) is 0. The molecule has 9 nitrogen and oxygen atoms in total. The van der Waals surface area contributed by atoms with Gasteiger partial charge in [0.2, 0.25) is 0 Å². The van der Waals surface area contributed by atoms with Gasteiger partial charge < -0.3 is 14.2 Å². The third-order valence-electron chi connectivity index (χ3n) is 5.08. The summed E-state index contributed by atoms with van der Waals surface area (Å²) in [7, 11) is 0. The van der Waals surface area contributed by atoms with E-state index < -0.39 is 34.4 Å². The maximum atomic E-state index is 12.4. The predicted octanol–water partition coefficient (Wildman–Crippen LogP) is 1.08. The van der Waals surface area contributed by atoms with Crippen LogP contribution in [0.4, 0.5) is 0 Å².